The van der Waals surface area contributed by atoms with E-state index >= 15 is 0 Å². The van der Waals surface area contributed by atoms with Gasteiger partial charge in [-0.25, -0.2) is 4.79 Å². The van der Waals surface area contributed by atoms with Gasteiger partial charge in [-0.15, -0.1) is 0 Å². The van der Waals surface area contributed by atoms with Gasteiger partial charge in [-0.05, 0) is 23.8 Å². The first-order valence-electron chi connectivity index (χ1n) is 8.96. The minimum atomic E-state index is -0.244. The molecule has 2 aromatic carbocycles. The van der Waals surface area contributed by atoms with E-state index in [1.165, 1.54) is 0 Å². The maximum Gasteiger partial charge on any atom is 0.317 e. The van der Waals surface area contributed by atoms with Crippen LogP contribution in [-0.2, 0) is 11.3 Å². The van der Waals surface area contributed by atoms with Crippen molar-refractivity contribution in [1.29, 1.82) is 0 Å². The van der Waals surface area contributed by atoms with Gasteiger partial charge in [0, 0.05) is 43.4 Å². The molecule has 1 saturated heterocycles. The van der Waals surface area contributed by atoms with Crippen LogP contribution in [0.2, 0.25) is 5.02 Å². The quantitative estimate of drug-likeness (QED) is 0.829. The Morgan fingerprint density at radius 3 is 2.26 bits per heavy atom. The number of rotatable bonds is 5. The number of benzene rings is 2. The summed E-state index contributed by atoms with van der Waals surface area (Å²) in [6.45, 7) is 3.09. The standard InChI is InChI=1S/C20H23ClN4O2/c21-18-9-5-4-6-16(18)14-22-19(26)15-23-20(27)25-12-10-24(11-13-25)17-7-2-1-3-8-17/h1-9H,10-15H2,(H,22,26)(H,23,27). The van der Waals surface area contributed by atoms with Crippen molar-refractivity contribution in [2.24, 2.45) is 0 Å². The lowest BCUT2D eigenvalue weighted by atomic mass is 10.2. The second kappa shape index (κ2) is 9.28. The molecule has 0 atom stereocenters. The summed E-state index contributed by atoms with van der Waals surface area (Å²) >= 11 is 6.06. The van der Waals surface area contributed by atoms with Crippen molar-refractivity contribution in [3.8, 4) is 0 Å². The fourth-order valence-electron chi connectivity index (χ4n) is 2.97. The largest absolute Gasteiger partial charge is 0.368 e. The molecule has 142 valence electrons. The number of piperazine rings is 1. The molecule has 0 aromatic heterocycles. The van der Waals surface area contributed by atoms with Gasteiger partial charge >= 0.3 is 6.03 Å². The Morgan fingerprint density at radius 2 is 1.56 bits per heavy atom. The van der Waals surface area contributed by atoms with E-state index < -0.39 is 0 Å². The second-order valence-corrected chi connectivity index (χ2v) is 6.74. The van der Waals surface area contributed by atoms with Gasteiger partial charge in [0.05, 0.1) is 6.54 Å². The van der Waals surface area contributed by atoms with Crippen LogP contribution in [0.15, 0.2) is 54.6 Å². The molecular weight excluding hydrogens is 364 g/mol. The fourth-order valence-corrected chi connectivity index (χ4v) is 3.17. The summed E-state index contributed by atoms with van der Waals surface area (Å²) in [5.74, 6) is -0.244. The van der Waals surface area contributed by atoms with Crippen molar-refractivity contribution in [2.75, 3.05) is 37.6 Å². The van der Waals surface area contributed by atoms with Crippen LogP contribution >= 0.6 is 11.6 Å². The molecular formula is C20H23ClN4O2. The Bertz CT molecular complexity index is 777. The molecule has 0 aliphatic carbocycles. The molecule has 1 aliphatic rings. The molecule has 0 spiro atoms. The van der Waals surface area contributed by atoms with Crippen molar-refractivity contribution in [2.45, 2.75) is 6.54 Å². The number of carbonyl (C=O) groups excluding carboxylic acids is 2. The van der Waals surface area contributed by atoms with Gasteiger partial charge in [-0.2, -0.15) is 0 Å². The van der Waals surface area contributed by atoms with Gasteiger partial charge < -0.3 is 20.4 Å². The maximum absolute atomic E-state index is 12.3. The van der Waals surface area contributed by atoms with Gasteiger partial charge in [0.15, 0.2) is 0 Å². The van der Waals surface area contributed by atoms with Crippen molar-refractivity contribution in [3.05, 3.63) is 65.2 Å². The van der Waals surface area contributed by atoms with Gasteiger partial charge in [-0.3, -0.25) is 4.79 Å². The zero-order valence-corrected chi connectivity index (χ0v) is 15.8. The topological polar surface area (TPSA) is 64.7 Å². The molecule has 1 aliphatic heterocycles. The van der Waals surface area contributed by atoms with Crippen LogP contribution < -0.4 is 15.5 Å². The van der Waals surface area contributed by atoms with E-state index in [9.17, 15) is 9.59 Å². The Morgan fingerprint density at radius 1 is 0.889 bits per heavy atom. The highest BCUT2D eigenvalue weighted by atomic mass is 35.5. The number of halogens is 1. The molecule has 3 rings (SSSR count). The minimum absolute atomic E-state index is 0.0534. The predicted molar refractivity (Wildman–Crippen MR) is 107 cm³/mol. The highest BCUT2D eigenvalue weighted by Gasteiger charge is 2.21. The van der Waals surface area contributed by atoms with Gasteiger partial charge in [0.25, 0.3) is 0 Å². The summed E-state index contributed by atoms with van der Waals surface area (Å²) < 4.78 is 0. The summed E-state index contributed by atoms with van der Waals surface area (Å²) in [5, 5.41) is 6.05. The second-order valence-electron chi connectivity index (χ2n) is 6.34. The maximum atomic E-state index is 12.3. The summed E-state index contributed by atoms with van der Waals surface area (Å²) in [7, 11) is 0. The molecule has 2 N–H and O–H groups in total. The molecule has 27 heavy (non-hydrogen) atoms. The van der Waals surface area contributed by atoms with E-state index in [-0.39, 0.29) is 18.5 Å². The third-order valence-corrected chi connectivity index (χ3v) is 4.89. The number of nitrogens with one attached hydrogen (secondary N) is 2. The fraction of sp³-hybridized carbons (Fsp3) is 0.300. The van der Waals surface area contributed by atoms with Crippen LogP contribution in [0.4, 0.5) is 10.5 Å². The van der Waals surface area contributed by atoms with Crippen molar-refractivity contribution in [3.63, 3.8) is 0 Å². The first kappa shape index (κ1) is 19.0. The van der Waals surface area contributed by atoms with E-state index in [0.717, 1.165) is 24.3 Å². The number of hydrogen-bond donors (Lipinski definition) is 2. The molecule has 0 radical (unpaired) electrons. The number of amides is 3. The molecule has 7 heteroatoms. The minimum Gasteiger partial charge on any atom is -0.368 e. The summed E-state index contributed by atoms with van der Waals surface area (Å²) in [4.78, 5) is 28.2. The Kier molecular flexibility index (Phi) is 6.54. The van der Waals surface area contributed by atoms with Crippen molar-refractivity contribution < 1.29 is 9.59 Å². The van der Waals surface area contributed by atoms with E-state index in [0.29, 0.717) is 24.7 Å². The monoisotopic (exact) mass is 386 g/mol. The van der Waals surface area contributed by atoms with Gasteiger partial charge in [0.2, 0.25) is 5.91 Å². The van der Waals surface area contributed by atoms with E-state index in [2.05, 4.69) is 27.7 Å². The zero-order valence-electron chi connectivity index (χ0n) is 15.0. The van der Waals surface area contributed by atoms with Crippen molar-refractivity contribution >= 4 is 29.2 Å². The number of urea groups is 1. The van der Waals surface area contributed by atoms with Gasteiger partial charge in [-0.1, -0.05) is 48.0 Å². The van der Waals surface area contributed by atoms with Crippen LogP contribution in [0.5, 0.6) is 0 Å². The number of para-hydroxylation sites is 1. The third kappa shape index (κ3) is 5.37. The zero-order chi connectivity index (χ0) is 19.1. The smallest absolute Gasteiger partial charge is 0.317 e. The van der Waals surface area contributed by atoms with Crippen molar-refractivity contribution in [1.82, 2.24) is 15.5 Å². The average molecular weight is 387 g/mol. The lowest BCUT2D eigenvalue weighted by Gasteiger charge is -2.36. The molecule has 0 saturated carbocycles. The summed E-state index contributed by atoms with van der Waals surface area (Å²) in [5.41, 5.74) is 2.01. The molecule has 3 amide bonds. The van der Waals surface area contributed by atoms with Crippen LogP contribution in [0, 0.1) is 0 Å². The highest BCUT2D eigenvalue weighted by molar-refractivity contribution is 6.31. The third-order valence-electron chi connectivity index (χ3n) is 4.52. The lowest BCUT2D eigenvalue weighted by molar-refractivity contribution is -0.120. The Hall–Kier alpha value is -2.73. The summed E-state index contributed by atoms with van der Waals surface area (Å²) in [6.07, 6.45) is 0. The molecule has 1 heterocycles. The van der Waals surface area contributed by atoms with E-state index in [1.807, 2.05) is 36.4 Å². The normalized spacial score (nSPS) is 14.0. The predicted octanol–water partition coefficient (Wildman–Crippen LogP) is 2.49. The number of hydrogen-bond acceptors (Lipinski definition) is 3. The summed E-state index contributed by atoms with van der Waals surface area (Å²) in [6, 6.07) is 17.3. The molecule has 0 unspecified atom stereocenters. The SMILES string of the molecule is O=C(CNC(=O)N1CCN(c2ccccc2)CC1)NCc1ccccc1Cl. The average Bonchev–Trinajstić information content (AvgIpc) is 2.72. The number of anilines is 1. The Balaban J connectivity index is 1.38. The number of carbonyl (C=O) groups is 2. The van der Waals surface area contributed by atoms with E-state index in [4.69, 9.17) is 11.6 Å². The Labute approximate surface area is 164 Å². The lowest BCUT2D eigenvalue weighted by Crippen LogP contribution is -2.53. The van der Waals surface area contributed by atoms with Gasteiger partial charge in [0.1, 0.15) is 0 Å². The molecule has 1 fully saturated rings. The molecule has 6 nitrogen and oxygen atoms in total. The molecule has 0 bridgehead atoms. The highest BCUT2D eigenvalue weighted by Crippen LogP contribution is 2.15. The first-order valence-corrected chi connectivity index (χ1v) is 9.34. The van der Waals surface area contributed by atoms with Crippen LogP contribution in [0.25, 0.3) is 0 Å². The van der Waals surface area contributed by atoms with Crippen LogP contribution in [-0.4, -0.2) is 49.6 Å². The first-order chi connectivity index (χ1) is 13.1. The van der Waals surface area contributed by atoms with E-state index in [1.54, 1.807) is 11.0 Å². The van der Waals surface area contributed by atoms with Crippen LogP contribution in [0.1, 0.15) is 5.56 Å². The van der Waals surface area contributed by atoms with Crippen LogP contribution in [0.3, 0.4) is 0 Å². The molecule has 2 aromatic rings. The number of nitrogens with zero attached hydrogens (tertiary/aromatic N) is 2.